The summed E-state index contributed by atoms with van der Waals surface area (Å²) in [6.45, 7) is 7.42. The van der Waals surface area contributed by atoms with Crippen molar-refractivity contribution in [3.05, 3.63) is 42.5 Å². The van der Waals surface area contributed by atoms with E-state index in [0.29, 0.717) is 16.6 Å². The lowest BCUT2D eigenvalue weighted by atomic mass is 9.88. The van der Waals surface area contributed by atoms with Crippen LogP contribution in [-0.2, 0) is 21.8 Å². The molecule has 1 aliphatic rings. The average molecular weight is 485 g/mol. The van der Waals surface area contributed by atoms with Crippen LogP contribution in [0, 0.1) is 5.92 Å². The zero-order valence-electron chi connectivity index (χ0n) is 19.1. The van der Waals surface area contributed by atoms with Gasteiger partial charge in [0.1, 0.15) is 10.0 Å². The third-order valence-electron chi connectivity index (χ3n) is 6.29. The summed E-state index contributed by atoms with van der Waals surface area (Å²) in [5, 5.41) is 3.80. The monoisotopic (exact) mass is 484 g/mol. The van der Waals surface area contributed by atoms with Gasteiger partial charge >= 0.3 is 0 Å². The van der Waals surface area contributed by atoms with Crippen molar-refractivity contribution in [1.29, 1.82) is 0 Å². The van der Waals surface area contributed by atoms with E-state index in [0.717, 1.165) is 34.7 Å². The summed E-state index contributed by atoms with van der Waals surface area (Å²) in [6, 6.07) is 8.64. The Morgan fingerprint density at radius 2 is 1.91 bits per heavy atom. The number of fused-ring (bicyclic) bond motifs is 1. The van der Waals surface area contributed by atoms with Gasteiger partial charge in [0, 0.05) is 12.0 Å². The van der Waals surface area contributed by atoms with Gasteiger partial charge in [0.15, 0.2) is 0 Å². The van der Waals surface area contributed by atoms with Gasteiger partial charge < -0.3 is 9.09 Å². The van der Waals surface area contributed by atoms with E-state index in [2.05, 4.69) is 35.5 Å². The van der Waals surface area contributed by atoms with E-state index in [-0.39, 0.29) is 14.5 Å². The second-order valence-corrected chi connectivity index (χ2v) is 13.1. The SMILES string of the molecule is CC(C)(C)c1nc2cc(S(=O)(=O)c3ccc(-c4ncon4)s3)ccc2n1CC1CCCCC1. The minimum absolute atomic E-state index is 0.139. The maximum Gasteiger partial charge on any atom is 0.216 e. The van der Waals surface area contributed by atoms with E-state index in [9.17, 15) is 8.42 Å². The molecule has 7 nitrogen and oxygen atoms in total. The second kappa shape index (κ2) is 8.36. The van der Waals surface area contributed by atoms with Crippen molar-refractivity contribution < 1.29 is 12.9 Å². The Balaban J connectivity index is 1.54. The largest absolute Gasteiger partial charge is 0.342 e. The normalized spacial score (nSPS) is 16.0. The third kappa shape index (κ3) is 4.24. The predicted molar refractivity (Wildman–Crippen MR) is 128 cm³/mol. The molecule has 1 fully saturated rings. The molecular formula is C24H28N4O3S2. The van der Waals surface area contributed by atoms with Crippen LogP contribution >= 0.6 is 11.3 Å². The lowest BCUT2D eigenvalue weighted by Crippen LogP contribution is -2.22. The maximum absolute atomic E-state index is 13.4. The molecule has 0 spiro atoms. The molecule has 5 rings (SSSR count). The maximum atomic E-state index is 13.4. The van der Waals surface area contributed by atoms with Crippen molar-refractivity contribution in [1.82, 2.24) is 19.7 Å². The van der Waals surface area contributed by atoms with E-state index in [1.807, 2.05) is 6.07 Å². The second-order valence-electron chi connectivity index (χ2n) is 9.83. The Kier molecular flexibility index (Phi) is 5.64. The lowest BCUT2D eigenvalue weighted by Gasteiger charge is -2.26. The molecule has 0 bridgehead atoms. The van der Waals surface area contributed by atoms with Crippen LogP contribution in [0.1, 0.15) is 58.7 Å². The van der Waals surface area contributed by atoms with Gasteiger partial charge in [0.25, 0.3) is 0 Å². The van der Waals surface area contributed by atoms with Gasteiger partial charge in [-0.25, -0.2) is 13.4 Å². The molecule has 174 valence electrons. The van der Waals surface area contributed by atoms with E-state index >= 15 is 0 Å². The molecule has 33 heavy (non-hydrogen) atoms. The number of aromatic nitrogens is 4. The minimum atomic E-state index is -3.68. The molecule has 1 aromatic carbocycles. The van der Waals surface area contributed by atoms with Gasteiger partial charge in [-0.3, -0.25) is 0 Å². The Bertz CT molecular complexity index is 1370. The van der Waals surface area contributed by atoms with Crippen LogP contribution in [0.25, 0.3) is 21.7 Å². The van der Waals surface area contributed by atoms with E-state index < -0.39 is 9.84 Å². The lowest BCUT2D eigenvalue weighted by molar-refractivity contribution is 0.313. The highest BCUT2D eigenvalue weighted by molar-refractivity contribution is 7.93. The molecular weight excluding hydrogens is 456 g/mol. The van der Waals surface area contributed by atoms with Crippen LogP contribution in [-0.4, -0.2) is 28.1 Å². The molecule has 0 atom stereocenters. The van der Waals surface area contributed by atoms with Crippen molar-refractivity contribution >= 4 is 32.2 Å². The summed E-state index contributed by atoms with van der Waals surface area (Å²) in [7, 11) is -3.68. The highest BCUT2D eigenvalue weighted by Crippen LogP contribution is 2.35. The topological polar surface area (TPSA) is 90.9 Å². The van der Waals surface area contributed by atoms with Crippen LogP contribution in [0.3, 0.4) is 0 Å². The van der Waals surface area contributed by atoms with Crippen LogP contribution < -0.4 is 0 Å². The van der Waals surface area contributed by atoms with E-state index in [1.54, 1.807) is 24.3 Å². The molecule has 4 aromatic rings. The number of sulfone groups is 1. The summed E-state index contributed by atoms with van der Waals surface area (Å²) in [4.78, 5) is 9.83. The van der Waals surface area contributed by atoms with Crippen molar-refractivity contribution in [2.24, 2.45) is 5.92 Å². The van der Waals surface area contributed by atoms with Gasteiger partial charge in [0.2, 0.25) is 22.1 Å². The highest BCUT2D eigenvalue weighted by atomic mass is 32.2. The Morgan fingerprint density at radius 3 is 2.61 bits per heavy atom. The number of benzene rings is 1. The summed E-state index contributed by atoms with van der Waals surface area (Å²) in [6.07, 6.45) is 7.63. The van der Waals surface area contributed by atoms with Gasteiger partial charge in [-0.2, -0.15) is 4.98 Å². The van der Waals surface area contributed by atoms with Crippen molar-refractivity contribution in [2.75, 3.05) is 0 Å². The number of hydrogen-bond donors (Lipinski definition) is 0. The Morgan fingerprint density at radius 1 is 1.12 bits per heavy atom. The van der Waals surface area contributed by atoms with Crippen molar-refractivity contribution in [2.45, 2.75) is 73.9 Å². The first kappa shape index (κ1) is 22.3. The van der Waals surface area contributed by atoms with Crippen LogP contribution in [0.5, 0.6) is 0 Å². The molecule has 1 saturated carbocycles. The summed E-state index contributed by atoms with van der Waals surface area (Å²) in [5.41, 5.74) is 1.59. The predicted octanol–water partition coefficient (Wildman–Crippen LogP) is 5.86. The molecule has 0 radical (unpaired) electrons. The number of imidazole rings is 1. The van der Waals surface area contributed by atoms with Crippen molar-refractivity contribution in [3.8, 4) is 10.7 Å². The number of nitrogens with zero attached hydrogens (tertiary/aromatic N) is 4. The first-order valence-corrected chi connectivity index (χ1v) is 13.7. The highest BCUT2D eigenvalue weighted by Gasteiger charge is 2.27. The number of thiophene rings is 1. The molecule has 9 heteroatoms. The van der Waals surface area contributed by atoms with Gasteiger partial charge in [-0.15, -0.1) is 11.3 Å². The molecule has 0 aliphatic heterocycles. The Labute approximate surface area is 197 Å². The van der Waals surface area contributed by atoms with Gasteiger partial charge in [-0.05, 0) is 49.1 Å². The van der Waals surface area contributed by atoms with Crippen molar-refractivity contribution in [3.63, 3.8) is 0 Å². The molecule has 0 unspecified atom stereocenters. The zero-order chi connectivity index (χ0) is 23.2. The molecule has 0 saturated heterocycles. The van der Waals surface area contributed by atoms with Crippen LogP contribution in [0.4, 0.5) is 0 Å². The van der Waals surface area contributed by atoms with Crippen LogP contribution in [0.15, 0.2) is 50.4 Å². The third-order valence-corrected chi connectivity index (χ3v) is 9.62. The molecule has 1 aliphatic carbocycles. The van der Waals surface area contributed by atoms with Crippen LogP contribution in [0.2, 0.25) is 0 Å². The fourth-order valence-corrected chi connectivity index (χ4v) is 7.30. The summed E-state index contributed by atoms with van der Waals surface area (Å²) in [5.74, 6) is 2.04. The van der Waals surface area contributed by atoms with Gasteiger partial charge in [0.05, 0.1) is 20.8 Å². The van der Waals surface area contributed by atoms with E-state index in [1.165, 1.54) is 38.5 Å². The van der Waals surface area contributed by atoms with E-state index in [4.69, 9.17) is 9.51 Å². The van der Waals surface area contributed by atoms with Gasteiger partial charge in [-0.1, -0.05) is 45.2 Å². The standard InChI is InChI=1S/C24H28N4O3S2/c1-24(2,3)23-26-18-13-17(9-10-19(18)28(23)14-16-7-5-4-6-8-16)33(29,30)21-12-11-20(32-21)22-25-15-31-27-22/h9-13,15-16H,4-8,14H2,1-3H3. The first-order chi connectivity index (χ1) is 15.7. The zero-order valence-corrected chi connectivity index (χ0v) is 20.7. The molecule has 0 amide bonds. The smallest absolute Gasteiger partial charge is 0.216 e. The summed E-state index contributed by atoms with van der Waals surface area (Å²) >= 11 is 1.14. The Hall–Kier alpha value is -2.52. The first-order valence-electron chi connectivity index (χ1n) is 11.4. The fourth-order valence-electron chi connectivity index (χ4n) is 4.64. The molecule has 0 N–H and O–H groups in total. The fraction of sp³-hybridized carbons (Fsp3) is 0.458. The minimum Gasteiger partial charge on any atom is -0.342 e. The molecule has 3 heterocycles. The number of hydrogen-bond acceptors (Lipinski definition) is 7. The summed E-state index contributed by atoms with van der Waals surface area (Å²) < 4.78 is 34.1. The molecule has 3 aromatic heterocycles. The average Bonchev–Trinajstić information content (AvgIpc) is 3.53. The number of rotatable bonds is 5. The quantitative estimate of drug-likeness (QED) is 0.352.